The lowest BCUT2D eigenvalue weighted by molar-refractivity contribution is 0.0695. The third kappa shape index (κ3) is 3.73. The zero-order valence-electron chi connectivity index (χ0n) is 15.1. The van der Waals surface area contributed by atoms with Crippen LogP contribution in [0.4, 0.5) is 21.5 Å². The molecular formula is C20H19BrFN3O3. The first kappa shape index (κ1) is 19.9. The number of carboxylic acid groups (broad SMARTS) is 1. The van der Waals surface area contributed by atoms with Crippen LogP contribution in [0.1, 0.15) is 30.1 Å². The van der Waals surface area contributed by atoms with Gasteiger partial charge < -0.3 is 20.7 Å². The molecule has 0 aliphatic carbocycles. The summed E-state index contributed by atoms with van der Waals surface area (Å²) in [5.41, 5.74) is 6.14. The number of nitrogens with one attached hydrogen (secondary N) is 1. The fourth-order valence-electron chi connectivity index (χ4n) is 3.03. The van der Waals surface area contributed by atoms with Gasteiger partial charge in [-0.3, -0.25) is 4.79 Å². The number of nitrogens with two attached hydrogens (primary N) is 1. The van der Waals surface area contributed by atoms with Crippen LogP contribution in [0, 0.1) is 5.82 Å². The van der Waals surface area contributed by atoms with Gasteiger partial charge in [0.1, 0.15) is 17.1 Å². The molecule has 1 heterocycles. The van der Waals surface area contributed by atoms with Crippen molar-refractivity contribution in [3.8, 4) is 0 Å². The van der Waals surface area contributed by atoms with Crippen molar-refractivity contribution >= 4 is 49.9 Å². The largest absolute Gasteiger partial charge is 0.477 e. The highest BCUT2D eigenvalue weighted by Crippen LogP contribution is 2.33. The number of carboxylic acids is 1. The molecule has 0 amide bonds. The second-order valence-electron chi connectivity index (χ2n) is 6.40. The van der Waals surface area contributed by atoms with Gasteiger partial charge in [-0.05, 0) is 36.8 Å². The minimum Gasteiger partial charge on any atom is -0.477 e. The van der Waals surface area contributed by atoms with E-state index in [0.717, 1.165) is 23.4 Å². The van der Waals surface area contributed by atoms with Crippen molar-refractivity contribution in [2.45, 2.75) is 26.3 Å². The summed E-state index contributed by atoms with van der Waals surface area (Å²) >= 11 is 3.34. The molecule has 6 nitrogen and oxygen atoms in total. The number of benzene rings is 2. The molecule has 8 heteroatoms. The van der Waals surface area contributed by atoms with Crippen molar-refractivity contribution in [3.05, 3.63) is 62.6 Å². The fraction of sp³-hybridized carbons (Fsp3) is 0.200. The lowest BCUT2D eigenvalue weighted by Gasteiger charge is -2.18. The van der Waals surface area contributed by atoms with Gasteiger partial charge in [0.2, 0.25) is 5.43 Å². The molecule has 0 bridgehead atoms. The number of anilines is 3. The molecule has 0 unspecified atom stereocenters. The molecule has 0 fully saturated rings. The summed E-state index contributed by atoms with van der Waals surface area (Å²) in [7, 11) is 0. The van der Waals surface area contributed by atoms with Crippen LogP contribution in [0.15, 0.2) is 45.8 Å². The van der Waals surface area contributed by atoms with Gasteiger partial charge in [0.05, 0.1) is 16.6 Å². The molecule has 0 atom stereocenters. The standard InChI is InChI=1S/C20H19BrFN3O3/c1-2-3-8-25-10-14(20(27)28)19(26)13-9-15(22)17(16(23)18(13)25)24-12-6-4-11(21)5-7-12/h4-7,9-10,24H,2-3,8,23H2,1H3,(H,27,28). The predicted octanol–water partition coefficient (Wildman–Crippen LogP) is 4.73. The lowest BCUT2D eigenvalue weighted by atomic mass is 10.1. The number of carbonyl (C=O) groups is 1. The SMILES string of the molecule is CCCCn1cc(C(=O)O)c(=O)c2cc(F)c(Nc3ccc(Br)cc3)c(N)c21. The number of pyridine rings is 1. The summed E-state index contributed by atoms with van der Waals surface area (Å²) in [4.78, 5) is 24.0. The van der Waals surface area contributed by atoms with Gasteiger partial charge in [0, 0.05) is 22.9 Å². The van der Waals surface area contributed by atoms with Crippen LogP contribution in [0.5, 0.6) is 0 Å². The Morgan fingerprint density at radius 1 is 1.32 bits per heavy atom. The van der Waals surface area contributed by atoms with Crippen LogP contribution >= 0.6 is 15.9 Å². The van der Waals surface area contributed by atoms with Gasteiger partial charge in [-0.15, -0.1) is 0 Å². The van der Waals surface area contributed by atoms with Crippen LogP contribution in [0.25, 0.3) is 10.9 Å². The molecule has 0 radical (unpaired) electrons. The maximum atomic E-state index is 14.8. The van der Waals surface area contributed by atoms with Gasteiger partial charge >= 0.3 is 5.97 Å². The number of unbranched alkanes of at least 4 members (excludes halogenated alkanes) is 1. The van der Waals surface area contributed by atoms with Gasteiger partial charge in [0.15, 0.2) is 0 Å². The number of aryl methyl sites for hydroxylation is 1. The van der Waals surface area contributed by atoms with E-state index < -0.39 is 22.8 Å². The number of aromatic carboxylic acids is 1. The number of nitrogens with zero attached hydrogens (tertiary/aromatic N) is 1. The summed E-state index contributed by atoms with van der Waals surface area (Å²) in [6.07, 6.45) is 2.89. The molecule has 1 aromatic heterocycles. The molecular weight excluding hydrogens is 429 g/mol. The Morgan fingerprint density at radius 3 is 2.61 bits per heavy atom. The number of fused-ring (bicyclic) bond motifs is 1. The second kappa shape index (κ2) is 8.02. The lowest BCUT2D eigenvalue weighted by Crippen LogP contribution is -2.20. The Morgan fingerprint density at radius 2 is 2.00 bits per heavy atom. The molecule has 2 aromatic carbocycles. The molecule has 146 valence electrons. The van der Waals surface area contributed by atoms with Crippen molar-refractivity contribution in [1.82, 2.24) is 4.57 Å². The van der Waals surface area contributed by atoms with Gasteiger partial charge in [-0.2, -0.15) is 0 Å². The number of rotatable bonds is 6. The van der Waals surface area contributed by atoms with E-state index in [4.69, 9.17) is 5.73 Å². The summed E-state index contributed by atoms with van der Waals surface area (Å²) in [5, 5.41) is 12.2. The highest BCUT2D eigenvalue weighted by molar-refractivity contribution is 9.10. The number of aromatic nitrogens is 1. The number of nitrogen functional groups attached to an aromatic ring is 1. The highest BCUT2D eigenvalue weighted by atomic mass is 79.9. The molecule has 4 N–H and O–H groups in total. The average molecular weight is 448 g/mol. The van der Waals surface area contributed by atoms with E-state index in [1.807, 2.05) is 6.92 Å². The van der Waals surface area contributed by atoms with E-state index in [1.54, 1.807) is 28.8 Å². The maximum Gasteiger partial charge on any atom is 0.341 e. The quantitative estimate of drug-likeness (QED) is 0.474. The average Bonchev–Trinajstić information content (AvgIpc) is 2.66. The molecule has 3 aromatic rings. The third-order valence-corrected chi connectivity index (χ3v) is 4.98. The summed E-state index contributed by atoms with van der Waals surface area (Å²) in [6.45, 7) is 2.45. The molecule has 0 aliphatic rings. The van der Waals surface area contributed by atoms with Crippen molar-refractivity contribution in [2.75, 3.05) is 11.1 Å². The summed E-state index contributed by atoms with van der Waals surface area (Å²) in [6, 6.07) is 8.15. The van der Waals surface area contributed by atoms with E-state index >= 15 is 0 Å². The molecule has 28 heavy (non-hydrogen) atoms. The zero-order valence-corrected chi connectivity index (χ0v) is 16.7. The monoisotopic (exact) mass is 447 g/mol. The summed E-state index contributed by atoms with van der Waals surface area (Å²) in [5.74, 6) is -2.08. The highest BCUT2D eigenvalue weighted by Gasteiger charge is 2.20. The van der Waals surface area contributed by atoms with E-state index in [9.17, 15) is 19.1 Å². The smallest absolute Gasteiger partial charge is 0.341 e. The Hall–Kier alpha value is -2.87. The first-order valence-corrected chi connectivity index (χ1v) is 9.53. The van der Waals surface area contributed by atoms with Crippen LogP contribution in [0.3, 0.4) is 0 Å². The van der Waals surface area contributed by atoms with Gasteiger partial charge in [-0.25, -0.2) is 9.18 Å². The first-order chi connectivity index (χ1) is 13.3. The van der Waals surface area contributed by atoms with Crippen molar-refractivity contribution in [1.29, 1.82) is 0 Å². The normalized spacial score (nSPS) is 11.0. The Labute approximate surface area is 168 Å². The van der Waals surface area contributed by atoms with E-state index in [1.165, 1.54) is 6.20 Å². The second-order valence-corrected chi connectivity index (χ2v) is 7.31. The van der Waals surface area contributed by atoms with E-state index in [-0.39, 0.29) is 16.8 Å². The van der Waals surface area contributed by atoms with Crippen molar-refractivity contribution in [2.24, 2.45) is 0 Å². The minimum atomic E-state index is -1.35. The van der Waals surface area contributed by atoms with Crippen LogP contribution in [-0.4, -0.2) is 15.6 Å². The number of halogens is 2. The van der Waals surface area contributed by atoms with Crippen LogP contribution < -0.4 is 16.5 Å². The number of hydrogen-bond donors (Lipinski definition) is 3. The topological polar surface area (TPSA) is 97.3 Å². The van der Waals surface area contributed by atoms with Gasteiger partial charge in [-0.1, -0.05) is 29.3 Å². The molecule has 0 saturated heterocycles. The van der Waals surface area contributed by atoms with Gasteiger partial charge in [0.25, 0.3) is 0 Å². The minimum absolute atomic E-state index is 0.0440. The Bertz CT molecular complexity index is 1110. The van der Waals surface area contributed by atoms with Crippen molar-refractivity contribution in [3.63, 3.8) is 0 Å². The molecule has 0 saturated carbocycles. The fourth-order valence-corrected chi connectivity index (χ4v) is 3.29. The van der Waals surface area contributed by atoms with Crippen molar-refractivity contribution < 1.29 is 14.3 Å². The van der Waals surface area contributed by atoms with E-state index in [2.05, 4.69) is 21.2 Å². The molecule has 3 rings (SSSR count). The first-order valence-electron chi connectivity index (χ1n) is 8.74. The zero-order chi connectivity index (χ0) is 20.4. The molecule has 0 aliphatic heterocycles. The van der Waals surface area contributed by atoms with E-state index in [0.29, 0.717) is 17.7 Å². The Kier molecular flexibility index (Phi) is 5.69. The third-order valence-electron chi connectivity index (χ3n) is 4.45. The molecule has 0 spiro atoms. The summed E-state index contributed by atoms with van der Waals surface area (Å²) < 4.78 is 17.3. The van der Waals surface area contributed by atoms with Crippen LogP contribution in [-0.2, 0) is 6.54 Å². The number of hydrogen-bond acceptors (Lipinski definition) is 4. The maximum absolute atomic E-state index is 14.8. The Balaban J connectivity index is 2.25. The van der Waals surface area contributed by atoms with Crippen LogP contribution in [0.2, 0.25) is 0 Å². The predicted molar refractivity (Wildman–Crippen MR) is 112 cm³/mol.